The minimum absolute atomic E-state index is 0.592. The largest absolute Gasteiger partial charge is 0.495 e. The van der Waals surface area contributed by atoms with Crippen LogP contribution in [0.15, 0.2) is 54.6 Å². The quantitative estimate of drug-likeness (QED) is 0.769. The van der Waals surface area contributed by atoms with Crippen molar-refractivity contribution in [2.75, 3.05) is 12.4 Å². The molecule has 1 aromatic heterocycles. The molecule has 2 aromatic carbocycles. The van der Waals surface area contributed by atoms with Crippen LogP contribution in [0.5, 0.6) is 5.75 Å². The van der Waals surface area contributed by atoms with Gasteiger partial charge in [-0.25, -0.2) is 0 Å². The molecule has 1 N–H and O–H groups in total. The molecule has 0 atom stereocenters. The molecule has 0 saturated carbocycles. The van der Waals surface area contributed by atoms with Crippen molar-refractivity contribution in [3.05, 3.63) is 65.3 Å². The molecule has 0 spiro atoms. The average Bonchev–Trinajstić information content (AvgIpc) is 2.53. The highest BCUT2D eigenvalue weighted by Gasteiger charge is 2.02. The number of hydrogen-bond donors (Lipinski definition) is 1. The number of halogens is 1. The highest BCUT2D eigenvalue weighted by atomic mass is 35.5. The van der Waals surface area contributed by atoms with Gasteiger partial charge in [0.05, 0.1) is 29.9 Å². The number of nitrogens with one attached hydrogen (secondary N) is 1. The molecule has 3 rings (SSSR count). The molecule has 0 aliphatic heterocycles. The van der Waals surface area contributed by atoms with Gasteiger partial charge in [0.25, 0.3) is 0 Å². The minimum Gasteiger partial charge on any atom is -0.495 e. The minimum atomic E-state index is 0.592. The summed E-state index contributed by atoms with van der Waals surface area (Å²) < 4.78 is 5.14. The van der Waals surface area contributed by atoms with Gasteiger partial charge in [-0.15, -0.1) is 0 Å². The second kappa shape index (κ2) is 6.02. The summed E-state index contributed by atoms with van der Waals surface area (Å²) in [6.07, 6.45) is 0. The SMILES string of the molecule is COc1ccc(NCc2ccc3ccccc3n2)cc1Cl. The zero-order chi connectivity index (χ0) is 14.7. The van der Waals surface area contributed by atoms with Gasteiger partial charge in [-0.3, -0.25) is 4.98 Å². The molecule has 106 valence electrons. The van der Waals surface area contributed by atoms with Crippen LogP contribution in [0.1, 0.15) is 5.69 Å². The first kappa shape index (κ1) is 13.7. The van der Waals surface area contributed by atoms with Gasteiger partial charge in [0.15, 0.2) is 0 Å². The monoisotopic (exact) mass is 298 g/mol. The third-order valence-electron chi connectivity index (χ3n) is 3.28. The summed E-state index contributed by atoms with van der Waals surface area (Å²) in [6, 6.07) is 17.8. The van der Waals surface area contributed by atoms with Crippen LogP contribution in [0.4, 0.5) is 5.69 Å². The van der Waals surface area contributed by atoms with Gasteiger partial charge in [0.1, 0.15) is 5.75 Å². The highest BCUT2D eigenvalue weighted by molar-refractivity contribution is 6.32. The molecule has 0 radical (unpaired) electrons. The number of nitrogens with zero attached hydrogens (tertiary/aromatic N) is 1. The van der Waals surface area contributed by atoms with E-state index in [2.05, 4.69) is 22.4 Å². The van der Waals surface area contributed by atoms with Gasteiger partial charge in [0.2, 0.25) is 0 Å². The summed E-state index contributed by atoms with van der Waals surface area (Å²) in [5.41, 5.74) is 2.93. The lowest BCUT2D eigenvalue weighted by Gasteiger charge is -2.09. The number of para-hydroxylation sites is 1. The van der Waals surface area contributed by atoms with Crippen molar-refractivity contribution >= 4 is 28.2 Å². The smallest absolute Gasteiger partial charge is 0.137 e. The molecular formula is C17H15ClN2O. The maximum absolute atomic E-state index is 6.11. The molecule has 0 bridgehead atoms. The summed E-state index contributed by atoms with van der Waals surface area (Å²) >= 11 is 6.11. The third kappa shape index (κ3) is 3.09. The summed E-state index contributed by atoms with van der Waals surface area (Å²) in [6.45, 7) is 0.646. The Kier molecular flexibility index (Phi) is 3.93. The third-order valence-corrected chi connectivity index (χ3v) is 3.58. The van der Waals surface area contributed by atoms with E-state index in [0.717, 1.165) is 22.3 Å². The normalized spacial score (nSPS) is 10.6. The number of ether oxygens (including phenoxy) is 1. The second-order valence-corrected chi connectivity index (χ2v) is 5.11. The second-order valence-electron chi connectivity index (χ2n) is 4.70. The predicted octanol–water partition coefficient (Wildman–Crippen LogP) is 4.51. The molecule has 4 heteroatoms. The molecule has 0 aliphatic carbocycles. The summed E-state index contributed by atoms with van der Waals surface area (Å²) in [7, 11) is 1.60. The van der Waals surface area contributed by atoms with E-state index in [1.165, 1.54) is 0 Å². The molecule has 3 nitrogen and oxygen atoms in total. The topological polar surface area (TPSA) is 34.1 Å². The van der Waals surface area contributed by atoms with E-state index in [1.807, 2.05) is 42.5 Å². The number of pyridine rings is 1. The van der Waals surface area contributed by atoms with Gasteiger partial charge in [0, 0.05) is 11.1 Å². The number of anilines is 1. The number of rotatable bonds is 4. The Morgan fingerprint density at radius 3 is 2.76 bits per heavy atom. The van der Waals surface area contributed by atoms with Gasteiger partial charge < -0.3 is 10.1 Å². The lowest BCUT2D eigenvalue weighted by molar-refractivity contribution is 0.415. The van der Waals surface area contributed by atoms with Gasteiger partial charge in [-0.2, -0.15) is 0 Å². The molecule has 21 heavy (non-hydrogen) atoms. The van der Waals surface area contributed by atoms with E-state index >= 15 is 0 Å². The van der Waals surface area contributed by atoms with Crippen LogP contribution < -0.4 is 10.1 Å². The van der Waals surface area contributed by atoms with Crippen molar-refractivity contribution in [1.29, 1.82) is 0 Å². The van der Waals surface area contributed by atoms with Crippen molar-refractivity contribution < 1.29 is 4.74 Å². The van der Waals surface area contributed by atoms with Crippen molar-refractivity contribution in [3.8, 4) is 5.75 Å². The fourth-order valence-corrected chi connectivity index (χ4v) is 2.43. The average molecular weight is 299 g/mol. The highest BCUT2D eigenvalue weighted by Crippen LogP contribution is 2.27. The van der Waals surface area contributed by atoms with E-state index in [-0.39, 0.29) is 0 Å². The molecular weight excluding hydrogens is 284 g/mol. The fourth-order valence-electron chi connectivity index (χ4n) is 2.18. The first-order chi connectivity index (χ1) is 10.3. The van der Waals surface area contributed by atoms with Crippen LogP contribution in [-0.2, 0) is 6.54 Å². The van der Waals surface area contributed by atoms with E-state index in [4.69, 9.17) is 16.3 Å². The maximum atomic E-state index is 6.11. The number of fused-ring (bicyclic) bond motifs is 1. The Labute approximate surface area is 128 Å². The van der Waals surface area contributed by atoms with Crippen molar-refractivity contribution in [1.82, 2.24) is 4.98 Å². The van der Waals surface area contributed by atoms with E-state index < -0.39 is 0 Å². The van der Waals surface area contributed by atoms with Crippen LogP contribution >= 0.6 is 11.6 Å². The zero-order valence-electron chi connectivity index (χ0n) is 11.6. The van der Waals surface area contributed by atoms with E-state index in [9.17, 15) is 0 Å². The number of methoxy groups -OCH3 is 1. The lowest BCUT2D eigenvalue weighted by atomic mass is 10.2. The molecule has 0 saturated heterocycles. The Hall–Kier alpha value is -2.26. The van der Waals surface area contributed by atoms with Gasteiger partial charge >= 0.3 is 0 Å². The molecule has 1 heterocycles. The first-order valence-corrected chi connectivity index (χ1v) is 7.06. The van der Waals surface area contributed by atoms with Crippen LogP contribution in [0.25, 0.3) is 10.9 Å². The van der Waals surface area contributed by atoms with Gasteiger partial charge in [-0.1, -0.05) is 35.9 Å². The number of hydrogen-bond acceptors (Lipinski definition) is 3. The maximum Gasteiger partial charge on any atom is 0.137 e. The van der Waals surface area contributed by atoms with Crippen LogP contribution in [0.3, 0.4) is 0 Å². The molecule has 0 unspecified atom stereocenters. The van der Waals surface area contributed by atoms with E-state index in [1.54, 1.807) is 7.11 Å². The van der Waals surface area contributed by atoms with Gasteiger partial charge in [-0.05, 0) is 30.3 Å². The standard InChI is InChI=1S/C17H15ClN2O/c1-21-17-9-8-13(10-15(17)18)19-11-14-7-6-12-4-2-3-5-16(12)20-14/h2-10,19H,11H2,1H3. The number of benzene rings is 2. The summed E-state index contributed by atoms with van der Waals surface area (Å²) in [5.74, 6) is 0.672. The molecule has 3 aromatic rings. The van der Waals surface area contributed by atoms with Crippen LogP contribution in [0.2, 0.25) is 5.02 Å². The van der Waals surface area contributed by atoms with Crippen molar-refractivity contribution in [2.24, 2.45) is 0 Å². The molecule has 0 amide bonds. The zero-order valence-corrected chi connectivity index (χ0v) is 12.4. The van der Waals surface area contributed by atoms with Crippen LogP contribution in [-0.4, -0.2) is 12.1 Å². The van der Waals surface area contributed by atoms with Crippen molar-refractivity contribution in [3.63, 3.8) is 0 Å². The first-order valence-electron chi connectivity index (χ1n) is 6.68. The predicted molar refractivity (Wildman–Crippen MR) is 87.1 cm³/mol. The number of aromatic nitrogens is 1. The Bertz CT molecular complexity index is 774. The lowest BCUT2D eigenvalue weighted by Crippen LogP contribution is -2.01. The van der Waals surface area contributed by atoms with Crippen LogP contribution in [0, 0.1) is 0 Å². The molecule has 0 fully saturated rings. The summed E-state index contributed by atoms with van der Waals surface area (Å²) in [4.78, 5) is 4.63. The Morgan fingerprint density at radius 2 is 1.95 bits per heavy atom. The van der Waals surface area contributed by atoms with E-state index in [0.29, 0.717) is 17.3 Å². The Morgan fingerprint density at radius 1 is 1.10 bits per heavy atom. The molecule has 0 aliphatic rings. The Balaban J connectivity index is 1.75. The van der Waals surface area contributed by atoms with Crippen molar-refractivity contribution in [2.45, 2.75) is 6.54 Å². The summed E-state index contributed by atoms with van der Waals surface area (Å²) in [5, 5.41) is 5.05. The fraction of sp³-hybridized carbons (Fsp3) is 0.118.